The Balaban J connectivity index is 1.56. The number of amides is 1. The number of nitrogens with zero attached hydrogens (tertiary/aromatic N) is 3. The fraction of sp³-hybridized carbons (Fsp3) is 0.250. The number of pyridine rings is 1. The first-order valence-electron chi connectivity index (χ1n) is 7.51. The highest BCUT2D eigenvalue weighted by Crippen LogP contribution is 2.45. The van der Waals surface area contributed by atoms with E-state index in [-0.39, 0.29) is 11.3 Å². The summed E-state index contributed by atoms with van der Waals surface area (Å²) in [5.74, 6) is -1.10. The van der Waals surface area contributed by atoms with Gasteiger partial charge >= 0.3 is 5.97 Å². The second-order valence-corrected chi connectivity index (χ2v) is 8.94. The highest BCUT2D eigenvalue weighted by Gasteiger charge is 2.48. The molecule has 1 N–H and O–H groups in total. The van der Waals surface area contributed by atoms with Crippen LogP contribution in [0.3, 0.4) is 0 Å². The number of carbonyl (C=O) groups excluding carboxylic acids is 1. The maximum Gasteiger partial charge on any atom is 0.331 e. The van der Waals surface area contributed by atoms with Crippen molar-refractivity contribution < 1.29 is 19.3 Å². The van der Waals surface area contributed by atoms with E-state index in [9.17, 15) is 14.7 Å². The Bertz CT molecular complexity index is 878. The molecule has 1 unspecified atom stereocenters. The molecular formula is C16H14N3O3S3+. The summed E-state index contributed by atoms with van der Waals surface area (Å²) in [4.78, 5) is 30.2. The number of aryl methyl sites for hydroxylation is 1. The standard InChI is InChI=1S/C16H13N3O3S3/c1-18-4-2-9(3-5-18)10-7-24-16(17-10)25-11-8-23-13-6-12(20)19(13)14(11)15(21)22/h2-5,7-8,13-14H,6H2,1H3/p+1/t13-,14?/m1/s1. The van der Waals surface area contributed by atoms with Crippen molar-refractivity contribution in [2.45, 2.75) is 22.2 Å². The highest BCUT2D eigenvalue weighted by atomic mass is 32.2. The van der Waals surface area contributed by atoms with E-state index in [1.165, 1.54) is 39.8 Å². The van der Waals surface area contributed by atoms with E-state index in [1.807, 2.05) is 46.9 Å². The molecule has 2 aromatic heterocycles. The molecule has 0 radical (unpaired) electrons. The topological polar surface area (TPSA) is 74.4 Å². The molecule has 0 aromatic carbocycles. The van der Waals surface area contributed by atoms with Crippen molar-refractivity contribution in [3.8, 4) is 11.3 Å². The lowest BCUT2D eigenvalue weighted by molar-refractivity contribution is -0.671. The number of aliphatic carboxylic acids is 1. The number of β-lactam (4-membered cyclic amide) rings is 1. The predicted octanol–water partition coefficient (Wildman–Crippen LogP) is 2.33. The fourth-order valence-electron chi connectivity index (χ4n) is 2.70. The molecule has 9 heteroatoms. The van der Waals surface area contributed by atoms with Gasteiger partial charge in [0, 0.05) is 28.0 Å². The van der Waals surface area contributed by atoms with Crippen LogP contribution < -0.4 is 4.57 Å². The zero-order valence-electron chi connectivity index (χ0n) is 13.2. The second kappa shape index (κ2) is 6.47. The zero-order chi connectivity index (χ0) is 17.6. The summed E-state index contributed by atoms with van der Waals surface area (Å²) in [7, 11) is 1.95. The lowest BCUT2D eigenvalue weighted by Gasteiger charge is -2.46. The largest absolute Gasteiger partial charge is 0.479 e. The van der Waals surface area contributed by atoms with Crippen LogP contribution in [0.5, 0.6) is 0 Å². The maximum absolute atomic E-state index is 11.8. The van der Waals surface area contributed by atoms with E-state index in [2.05, 4.69) is 4.98 Å². The number of carboxylic acids is 1. The molecule has 0 bridgehead atoms. The molecule has 0 spiro atoms. The number of rotatable bonds is 4. The monoisotopic (exact) mass is 392 g/mol. The van der Waals surface area contributed by atoms with Crippen LogP contribution >= 0.6 is 34.9 Å². The number of thiazole rings is 1. The Morgan fingerprint density at radius 3 is 2.88 bits per heavy atom. The summed E-state index contributed by atoms with van der Waals surface area (Å²) >= 11 is 4.31. The van der Waals surface area contributed by atoms with Crippen molar-refractivity contribution >= 4 is 46.7 Å². The lowest BCUT2D eigenvalue weighted by Crippen LogP contribution is -2.60. The van der Waals surface area contributed by atoms with E-state index in [1.54, 1.807) is 0 Å². The van der Waals surface area contributed by atoms with Gasteiger partial charge in [0.2, 0.25) is 5.91 Å². The van der Waals surface area contributed by atoms with Gasteiger partial charge in [0.15, 0.2) is 22.8 Å². The van der Waals surface area contributed by atoms with E-state index < -0.39 is 12.0 Å². The number of thioether (sulfide) groups is 2. The molecule has 4 heterocycles. The summed E-state index contributed by atoms with van der Waals surface area (Å²) < 4.78 is 2.72. The summed E-state index contributed by atoms with van der Waals surface area (Å²) in [5.41, 5.74) is 1.88. The van der Waals surface area contributed by atoms with Crippen molar-refractivity contribution in [2.24, 2.45) is 7.05 Å². The van der Waals surface area contributed by atoms with Gasteiger partial charge in [-0.1, -0.05) is 11.8 Å². The number of carboxylic acid groups (broad SMARTS) is 1. The van der Waals surface area contributed by atoms with Crippen LogP contribution in [0.25, 0.3) is 11.3 Å². The van der Waals surface area contributed by atoms with Crippen LogP contribution in [0.2, 0.25) is 0 Å². The molecule has 1 fully saturated rings. The molecule has 2 aliphatic rings. The van der Waals surface area contributed by atoms with Crippen LogP contribution in [0.4, 0.5) is 0 Å². The van der Waals surface area contributed by atoms with Crippen LogP contribution in [0, 0.1) is 0 Å². The molecule has 0 saturated carbocycles. The molecule has 2 aliphatic heterocycles. The molecular weight excluding hydrogens is 378 g/mol. The Morgan fingerprint density at radius 2 is 2.20 bits per heavy atom. The van der Waals surface area contributed by atoms with Crippen LogP contribution in [-0.4, -0.2) is 38.3 Å². The summed E-state index contributed by atoms with van der Waals surface area (Å²) in [6.45, 7) is 0. The number of hydrogen-bond donors (Lipinski definition) is 1. The fourth-order valence-corrected chi connectivity index (χ4v) is 5.94. The van der Waals surface area contributed by atoms with Gasteiger partial charge in [0.05, 0.1) is 17.5 Å². The third kappa shape index (κ3) is 3.07. The molecule has 2 aromatic rings. The summed E-state index contributed by atoms with van der Waals surface area (Å²) in [5, 5.41) is 13.3. The van der Waals surface area contributed by atoms with Gasteiger partial charge in [-0.15, -0.1) is 23.1 Å². The third-order valence-electron chi connectivity index (χ3n) is 4.03. The maximum atomic E-state index is 11.8. The Kier molecular flexibility index (Phi) is 4.30. The van der Waals surface area contributed by atoms with E-state index in [0.29, 0.717) is 11.3 Å². The van der Waals surface area contributed by atoms with Gasteiger partial charge in [-0.05, 0) is 5.41 Å². The Hall–Kier alpha value is -1.84. The molecule has 25 heavy (non-hydrogen) atoms. The Labute approximate surface area is 156 Å². The van der Waals surface area contributed by atoms with Gasteiger partial charge < -0.3 is 10.0 Å². The minimum absolute atomic E-state index is 0.0464. The average molecular weight is 393 g/mol. The smallest absolute Gasteiger partial charge is 0.331 e. The molecule has 128 valence electrons. The first-order chi connectivity index (χ1) is 12.0. The molecule has 0 aliphatic carbocycles. The van der Waals surface area contributed by atoms with Gasteiger partial charge in [-0.3, -0.25) is 4.79 Å². The van der Waals surface area contributed by atoms with Gasteiger partial charge in [-0.25, -0.2) is 14.3 Å². The van der Waals surface area contributed by atoms with E-state index in [0.717, 1.165) is 15.6 Å². The summed E-state index contributed by atoms with van der Waals surface area (Å²) in [6.07, 6.45) is 4.32. The SMILES string of the molecule is C[n+]1ccc(-c2csc(SC3=CS[C@@H]4CC(=O)N4C3C(=O)O)n2)cc1. The Morgan fingerprint density at radius 1 is 1.44 bits per heavy atom. The molecule has 6 nitrogen and oxygen atoms in total. The molecule has 2 atom stereocenters. The molecule has 1 saturated heterocycles. The number of aromatic nitrogens is 2. The van der Waals surface area contributed by atoms with Crippen molar-refractivity contribution in [3.05, 3.63) is 40.2 Å². The molecule has 1 amide bonds. The van der Waals surface area contributed by atoms with Gasteiger partial charge in [0.1, 0.15) is 7.05 Å². The average Bonchev–Trinajstić information content (AvgIpc) is 3.04. The van der Waals surface area contributed by atoms with Gasteiger partial charge in [0.25, 0.3) is 0 Å². The minimum Gasteiger partial charge on any atom is -0.479 e. The molecule has 4 rings (SSSR count). The summed E-state index contributed by atoms with van der Waals surface area (Å²) in [6, 6.07) is 3.08. The predicted molar refractivity (Wildman–Crippen MR) is 96.9 cm³/mol. The highest BCUT2D eigenvalue weighted by molar-refractivity contribution is 8.07. The number of fused-ring (bicyclic) bond motifs is 1. The van der Waals surface area contributed by atoms with Crippen molar-refractivity contribution in [1.82, 2.24) is 9.88 Å². The third-order valence-corrected chi connectivity index (χ3v) is 7.30. The first kappa shape index (κ1) is 16.6. The quantitative estimate of drug-likeness (QED) is 0.636. The van der Waals surface area contributed by atoms with Crippen molar-refractivity contribution in [1.29, 1.82) is 0 Å². The van der Waals surface area contributed by atoms with Crippen LogP contribution in [0.1, 0.15) is 6.42 Å². The van der Waals surface area contributed by atoms with Crippen LogP contribution in [0.15, 0.2) is 44.6 Å². The number of hydrogen-bond acceptors (Lipinski definition) is 6. The van der Waals surface area contributed by atoms with Crippen molar-refractivity contribution in [2.75, 3.05) is 0 Å². The van der Waals surface area contributed by atoms with E-state index in [4.69, 9.17) is 0 Å². The zero-order valence-corrected chi connectivity index (χ0v) is 15.6. The van der Waals surface area contributed by atoms with E-state index >= 15 is 0 Å². The normalized spacial score (nSPS) is 22.2. The minimum atomic E-state index is -0.996. The first-order valence-corrected chi connectivity index (χ1v) is 10.2. The van der Waals surface area contributed by atoms with Crippen molar-refractivity contribution in [3.63, 3.8) is 0 Å². The lowest BCUT2D eigenvalue weighted by atomic mass is 10.1. The van der Waals surface area contributed by atoms with Gasteiger partial charge in [-0.2, -0.15) is 0 Å². The second-order valence-electron chi connectivity index (χ2n) is 5.71. The number of carbonyl (C=O) groups is 2. The van der Waals surface area contributed by atoms with Crippen LogP contribution in [-0.2, 0) is 16.6 Å².